The molecule has 2 heterocycles. The number of aromatic nitrogens is 1. The molecule has 4 heteroatoms. The second-order valence-corrected chi connectivity index (χ2v) is 9.99. The molecule has 40 heavy (non-hydrogen) atoms. The smallest absolute Gasteiger partial charge is 0.179 e. The summed E-state index contributed by atoms with van der Waals surface area (Å²) in [7, 11) is 0. The average Bonchev–Trinajstić information content (AvgIpc) is 3.55. The second-order valence-electron chi connectivity index (χ2n) is 9.99. The van der Waals surface area contributed by atoms with Gasteiger partial charge in [-0.2, -0.15) is 0 Å². The summed E-state index contributed by atoms with van der Waals surface area (Å²) in [5.41, 5.74) is 7.72. The molecule has 184 valence electrons. The highest BCUT2D eigenvalue weighted by Gasteiger charge is 2.17. The Kier molecular flexibility index (Phi) is 4.62. The fourth-order valence-corrected chi connectivity index (χ4v) is 5.99. The number of hydrogen-bond acceptors (Lipinski definition) is 1. The molecule has 0 saturated heterocycles. The summed E-state index contributed by atoms with van der Waals surface area (Å²) in [6.45, 7) is 15.2. The van der Waals surface area contributed by atoms with E-state index in [1.54, 1.807) is 6.07 Å². The lowest BCUT2D eigenvalue weighted by Crippen LogP contribution is -1.93. The van der Waals surface area contributed by atoms with Gasteiger partial charge in [-0.25, -0.2) is 9.69 Å². The number of benzene rings is 6. The number of furan rings is 1. The minimum atomic E-state index is 0.454. The van der Waals surface area contributed by atoms with Crippen molar-refractivity contribution < 1.29 is 4.42 Å². The van der Waals surface area contributed by atoms with E-state index in [9.17, 15) is 0 Å². The van der Waals surface area contributed by atoms with E-state index < -0.39 is 0 Å². The monoisotopic (exact) mass is 509 g/mol. The summed E-state index contributed by atoms with van der Waals surface area (Å²) in [4.78, 5) is 7.28. The molecule has 0 N–H and O–H groups in total. The van der Waals surface area contributed by atoms with Crippen LogP contribution in [0.15, 0.2) is 120 Å². The second kappa shape index (κ2) is 8.33. The standard InChI is InChI=1S/C36H19N3O/c1-37-25-19-26(38-2)21-27(20-25)39-32-15-13-23(17-31(32)36-28-8-4-3-7-22(28)12-16-33(36)39)24-11-14-30-29-9-5-6-10-34(29)40-35(30)18-24/h3-21H. The first-order chi connectivity index (χ1) is 19.7. The third-order valence-electron chi connectivity index (χ3n) is 7.77. The van der Waals surface area contributed by atoms with Crippen molar-refractivity contribution in [3.63, 3.8) is 0 Å². The van der Waals surface area contributed by atoms with E-state index in [2.05, 4.69) is 93.1 Å². The van der Waals surface area contributed by atoms with Gasteiger partial charge < -0.3 is 8.98 Å². The Hall–Kier alpha value is -5.84. The molecule has 0 amide bonds. The SMILES string of the molecule is [C-]#[N+]c1cc([N+]#[C-])cc(-n2c3ccc(-c4ccc5c(c4)oc4ccccc45)cc3c3c4ccccc4ccc32)c1. The molecule has 0 fully saturated rings. The number of rotatable bonds is 2. The van der Waals surface area contributed by atoms with Crippen molar-refractivity contribution in [2.45, 2.75) is 0 Å². The zero-order valence-electron chi connectivity index (χ0n) is 21.2. The van der Waals surface area contributed by atoms with Crippen molar-refractivity contribution in [1.82, 2.24) is 4.57 Å². The van der Waals surface area contributed by atoms with Gasteiger partial charge >= 0.3 is 0 Å². The highest BCUT2D eigenvalue weighted by atomic mass is 16.3. The maximum atomic E-state index is 7.59. The minimum Gasteiger partial charge on any atom is -0.456 e. The zero-order chi connectivity index (χ0) is 26.8. The molecular weight excluding hydrogens is 490 g/mol. The number of para-hydroxylation sites is 1. The van der Waals surface area contributed by atoms with E-state index in [1.165, 1.54) is 10.8 Å². The molecule has 0 atom stereocenters. The summed E-state index contributed by atoms with van der Waals surface area (Å²) in [6, 6.07) is 39.1. The van der Waals surface area contributed by atoms with E-state index in [1.807, 2.05) is 30.3 Å². The van der Waals surface area contributed by atoms with E-state index in [-0.39, 0.29) is 0 Å². The molecule has 8 aromatic rings. The van der Waals surface area contributed by atoms with Crippen molar-refractivity contribution in [1.29, 1.82) is 0 Å². The summed E-state index contributed by atoms with van der Waals surface area (Å²) in [5.74, 6) is 0. The fraction of sp³-hybridized carbons (Fsp3) is 0. The molecule has 0 aliphatic rings. The predicted molar refractivity (Wildman–Crippen MR) is 164 cm³/mol. The van der Waals surface area contributed by atoms with Crippen molar-refractivity contribution in [2.24, 2.45) is 0 Å². The minimum absolute atomic E-state index is 0.454. The predicted octanol–water partition coefficient (Wildman–Crippen LogP) is 10.6. The summed E-state index contributed by atoms with van der Waals surface area (Å²) in [5, 5.41) is 6.83. The first-order valence-corrected chi connectivity index (χ1v) is 13.0. The van der Waals surface area contributed by atoms with Gasteiger partial charge in [-0.15, -0.1) is 0 Å². The van der Waals surface area contributed by atoms with Crippen molar-refractivity contribution in [2.75, 3.05) is 0 Å². The van der Waals surface area contributed by atoms with Crippen LogP contribution in [-0.4, -0.2) is 4.57 Å². The van der Waals surface area contributed by atoms with Crippen LogP contribution in [0.4, 0.5) is 11.4 Å². The molecule has 0 aliphatic carbocycles. The Bertz CT molecular complexity index is 2380. The number of nitrogens with zero attached hydrogens (tertiary/aromatic N) is 3. The van der Waals surface area contributed by atoms with Gasteiger partial charge in [-0.05, 0) is 70.4 Å². The Morgan fingerprint density at radius 3 is 2.02 bits per heavy atom. The molecule has 0 bridgehead atoms. The average molecular weight is 510 g/mol. The van der Waals surface area contributed by atoms with Gasteiger partial charge in [-0.1, -0.05) is 66.7 Å². The Labute approximate surface area is 229 Å². The molecule has 0 saturated carbocycles. The van der Waals surface area contributed by atoms with Crippen LogP contribution in [0.3, 0.4) is 0 Å². The molecular formula is C36H19N3O. The third-order valence-corrected chi connectivity index (χ3v) is 7.77. The van der Waals surface area contributed by atoms with E-state index in [4.69, 9.17) is 17.6 Å². The van der Waals surface area contributed by atoms with Gasteiger partial charge in [0, 0.05) is 27.2 Å². The highest BCUT2D eigenvalue weighted by molar-refractivity contribution is 6.22. The van der Waals surface area contributed by atoms with Gasteiger partial charge in [-0.3, -0.25) is 0 Å². The first kappa shape index (κ1) is 22.2. The summed E-state index contributed by atoms with van der Waals surface area (Å²) < 4.78 is 8.36. The molecule has 0 radical (unpaired) electrons. The van der Waals surface area contributed by atoms with Crippen LogP contribution in [-0.2, 0) is 0 Å². The van der Waals surface area contributed by atoms with Gasteiger partial charge in [0.25, 0.3) is 0 Å². The Balaban J connectivity index is 1.44. The first-order valence-electron chi connectivity index (χ1n) is 13.0. The zero-order valence-corrected chi connectivity index (χ0v) is 21.2. The highest BCUT2D eigenvalue weighted by Crippen LogP contribution is 2.40. The molecule has 0 aliphatic heterocycles. The lowest BCUT2D eigenvalue weighted by Gasteiger charge is -2.10. The molecule has 2 aromatic heterocycles. The molecule has 0 unspecified atom stereocenters. The van der Waals surface area contributed by atoms with Crippen LogP contribution in [0.2, 0.25) is 0 Å². The Morgan fingerprint density at radius 1 is 0.525 bits per heavy atom. The molecule has 8 rings (SSSR count). The van der Waals surface area contributed by atoms with E-state index in [0.29, 0.717) is 11.4 Å². The number of fused-ring (bicyclic) bond motifs is 8. The normalized spacial score (nSPS) is 11.4. The lowest BCUT2D eigenvalue weighted by molar-refractivity contribution is 0.669. The van der Waals surface area contributed by atoms with Gasteiger partial charge in [0.15, 0.2) is 11.4 Å². The Morgan fingerprint density at radius 2 is 1.20 bits per heavy atom. The molecule has 4 nitrogen and oxygen atoms in total. The van der Waals surface area contributed by atoms with Crippen LogP contribution < -0.4 is 0 Å². The molecule has 0 spiro atoms. The fourth-order valence-electron chi connectivity index (χ4n) is 5.99. The van der Waals surface area contributed by atoms with E-state index >= 15 is 0 Å². The van der Waals surface area contributed by atoms with Gasteiger partial charge in [0.2, 0.25) is 0 Å². The lowest BCUT2D eigenvalue weighted by atomic mass is 9.99. The third kappa shape index (κ3) is 3.18. The summed E-state index contributed by atoms with van der Waals surface area (Å²) >= 11 is 0. The van der Waals surface area contributed by atoms with Crippen LogP contribution >= 0.6 is 0 Å². The van der Waals surface area contributed by atoms with Crippen LogP contribution in [0.5, 0.6) is 0 Å². The quantitative estimate of drug-likeness (QED) is 0.213. The maximum Gasteiger partial charge on any atom is 0.179 e. The topological polar surface area (TPSA) is 26.8 Å². The summed E-state index contributed by atoms with van der Waals surface area (Å²) in [6.07, 6.45) is 0. The number of hydrogen-bond donors (Lipinski definition) is 0. The molecule has 6 aromatic carbocycles. The van der Waals surface area contributed by atoms with Crippen molar-refractivity contribution >= 4 is 65.9 Å². The van der Waals surface area contributed by atoms with Crippen LogP contribution in [0.1, 0.15) is 0 Å². The van der Waals surface area contributed by atoms with Crippen LogP contribution in [0, 0.1) is 13.1 Å². The largest absolute Gasteiger partial charge is 0.456 e. The van der Waals surface area contributed by atoms with Gasteiger partial charge in [0.1, 0.15) is 11.2 Å². The van der Waals surface area contributed by atoms with Crippen LogP contribution in [0.25, 0.3) is 81.0 Å². The van der Waals surface area contributed by atoms with E-state index in [0.717, 1.165) is 60.6 Å². The maximum absolute atomic E-state index is 7.59. The van der Waals surface area contributed by atoms with Gasteiger partial charge in [0.05, 0.1) is 24.2 Å². The van der Waals surface area contributed by atoms with Crippen molar-refractivity contribution in [3.8, 4) is 16.8 Å². The van der Waals surface area contributed by atoms with Crippen molar-refractivity contribution in [3.05, 3.63) is 138 Å².